The van der Waals surface area contributed by atoms with Crippen molar-refractivity contribution in [2.45, 2.75) is 32.6 Å². The Labute approximate surface area is 133 Å². The summed E-state index contributed by atoms with van der Waals surface area (Å²) in [6.45, 7) is 2.12. The summed E-state index contributed by atoms with van der Waals surface area (Å²) in [6, 6.07) is 10.4. The van der Waals surface area contributed by atoms with Crippen molar-refractivity contribution in [3.05, 3.63) is 51.1 Å². The Balaban J connectivity index is 2.00. The van der Waals surface area contributed by atoms with E-state index in [9.17, 15) is 5.26 Å². The molecule has 0 amide bonds. The van der Waals surface area contributed by atoms with Gasteiger partial charge < -0.3 is 5.32 Å². The van der Waals surface area contributed by atoms with Crippen molar-refractivity contribution in [3.8, 4) is 6.07 Å². The molecule has 0 unspecified atom stereocenters. The van der Waals surface area contributed by atoms with E-state index in [0.29, 0.717) is 11.4 Å². The van der Waals surface area contributed by atoms with Crippen LogP contribution >= 0.6 is 15.9 Å². The average Bonchev–Trinajstić information content (AvgIpc) is 2.95. The number of hydrogen-bond acceptors (Lipinski definition) is 3. The number of benzene rings is 1. The summed E-state index contributed by atoms with van der Waals surface area (Å²) < 4.78 is 1.06. The maximum Gasteiger partial charge on any atom is 0.148 e. The molecule has 1 aromatic carbocycles. The molecule has 0 aliphatic heterocycles. The molecule has 1 aromatic heterocycles. The van der Waals surface area contributed by atoms with E-state index in [4.69, 9.17) is 0 Å². The smallest absolute Gasteiger partial charge is 0.148 e. The van der Waals surface area contributed by atoms with Gasteiger partial charge in [0, 0.05) is 15.9 Å². The third-order valence-electron chi connectivity index (χ3n) is 3.87. The number of nitrogens with one attached hydrogen (secondary N) is 1. The van der Waals surface area contributed by atoms with Gasteiger partial charge in [-0.15, -0.1) is 0 Å². The van der Waals surface area contributed by atoms with Gasteiger partial charge in [0.25, 0.3) is 0 Å². The predicted molar refractivity (Wildman–Crippen MR) is 87.8 cm³/mol. The van der Waals surface area contributed by atoms with Crippen molar-refractivity contribution >= 4 is 27.4 Å². The highest BCUT2D eigenvalue weighted by Crippen LogP contribution is 2.29. The molecular formula is C17H16BrN3. The fraction of sp³-hybridized carbons (Fsp3) is 0.294. The Bertz CT molecular complexity index is 732. The summed E-state index contributed by atoms with van der Waals surface area (Å²) in [4.78, 5) is 4.67. The number of rotatable bonds is 3. The van der Waals surface area contributed by atoms with E-state index < -0.39 is 0 Å². The highest BCUT2D eigenvalue weighted by atomic mass is 79.9. The third kappa shape index (κ3) is 2.79. The number of anilines is 2. The van der Waals surface area contributed by atoms with Gasteiger partial charge in [-0.25, -0.2) is 4.98 Å². The lowest BCUT2D eigenvalue weighted by Crippen LogP contribution is -2.02. The highest BCUT2D eigenvalue weighted by Gasteiger charge is 2.17. The molecule has 4 heteroatoms. The first kappa shape index (κ1) is 14.1. The van der Waals surface area contributed by atoms with Crippen LogP contribution in [0.2, 0.25) is 0 Å². The first-order chi connectivity index (χ1) is 10.2. The van der Waals surface area contributed by atoms with Crippen LogP contribution in [0.3, 0.4) is 0 Å². The molecule has 1 aliphatic rings. The van der Waals surface area contributed by atoms with E-state index in [1.165, 1.54) is 11.1 Å². The van der Waals surface area contributed by atoms with E-state index in [-0.39, 0.29) is 0 Å². The van der Waals surface area contributed by atoms with Gasteiger partial charge in [0.05, 0.1) is 5.56 Å². The molecule has 1 heterocycles. The van der Waals surface area contributed by atoms with Gasteiger partial charge in [-0.05, 0) is 61.1 Å². The van der Waals surface area contributed by atoms with E-state index in [1.54, 1.807) is 0 Å². The molecule has 0 radical (unpaired) electrons. The summed E-state index contributed by atoms with van der Waals surface area (Å²) >= 11 is 3.50. The lowest BCUT2D eigenvalue weighted by Gasteiger charge is -2.13. The topological polar surface area (TPSA) is 48.7 Å². The second-order valence-electron chi connectivity index (χ2n) is 5.24. The summed E-state index contributed by atoms with van der Waals surface area (Å²) in [6.07, 6.45) is 4.11. The molecule has 0 fully saturated rings. The van der Waals surface area contributed by atoms with Crippen LogP contribution in [0.5, 0.6) is 0 Å². The molecule has 1 aliphatic carbocycles. The summed E-state index contributed by atoms with van der Waals surface area (Å²) in [5, 5.41) is 12.7. The largest absolute Gasteiger partial charge is 0.339 e. The van der Waals surface area contributed by atoms with Gasteiger partial charge >= 0.3 is 0 Å². The predicted octanol–water partition coefficient (Wildman–Crippen LogP) is 4.51. The maximum absolute atomic E-state index is 9.36. The second kappa shape index (κ2) is 5.87. The number of nitrogens with zero attached hydrogens (tertiary/aromatic N) is 2. The normalized spacial score (nSPS) is 12.8. The van der Waals surface area contributed by atoms with Crippen molar-refractivity contribution in [3.63, 3.8) is 0 Å². The zero-order valence-electron chi connectivity index (χ0n) is 11.9. The van der Waals surface area contributed by atoms with E-state index in [1.807, 2.05) is 18.2 Å². The van der Waals surface area contributed by atoms with Gasteiger partial charge in [-0.2, -0.15) is 5.26 Å². The number of nitriles is 1. The number of aromatic nitrogens is 1. The molecule has 0 bridgehead atoms. The molecule has 3 rings (SSSR count). The monoisotopic (exact) mass is 341 g/mol. The number of halogens is 1. The molecule has 2 aromatic rings. The van der Waals surface area contributed by atoms with E-state index in [0.717, 1.165) is 41.5 Å². The van der Waals surface area contributed by atoms with Crippen LogP contribution in [-0.4, -0.2) is 4.98 Å². The van der Waals surface area contributed by atoms with Crippen molar-refractivity contribution in [1.29, 1.82) is 5.26 Å². The quantitative estimate of drug-likeness (QED) is 0.893. The van der Waals surface area contributed by atoms with Gasteiger partial charge in [0.1, 0.15) is 11.9 Å². The second-order valence-corrected chi connectivity index (χ2v) is 6.15. The molecule has 3 nitrogen and oxygen atoms in total. The Hall–Kier alpha value is -1.86. The Morgan fingerprint density at radius 3 is 2.95 bits per heavy atom. The van der Waals surface area contributed by atoms with Crippen molar-refractivity contribution in [2.24, 2.45) is 0 Å². The fourth-order valence-electron chi connectivity index (χ4n) is 2.76. The number of fused-ring (bicyclic) bond motifs is 1. The fourth-order valence-corrected chi connectivity index (χ4v) is 3.17. The van der Waals surface area contributed by atoms with Crippen molar-refractivity contribution in [1.82, 2.24) is 4.98 Å². The molecule has 0 spiro atoms. The van der Waals surface area contributed by atoms with Gasteiger partial charge in [0.2, 0.25) is 0 Å². The number of hydrogen-bond donors (Lipinski definition) is 1. The van der Waals surface area contributed by atoms with E-state index in [2.05, 4.69) is 45.3 Å². The van der Waals surface area contributed by atoms with Gasteiger partial charge in [-0.3, -0.25) is 0 Å². The molecule has 106 valence electrons. The van der Waals surface area contributed by atoms with Gasteiger partial charge in [0.15, 0.2) is 0 Å². The molecule has 0 saturated carbocycles. The lowest BCUT2D eigenvalue weighted by atomic mass is 10.1. The Morgan fingerprint density at radius 1 is 1.33 bits per heavy atom. The van der Waals surface area contributed by atoms with Crippen LogP contribution in [0.1, 0.15) is 35.7 Å². The van der Waals surface area contributed by atoms with Gasteiger partial charge in [-0.1, -0.05) is 22.9 Å². The minimum Gasteiger partial charge on any atom is -0.339 e. The number of pyridine rings is 1. The van der Waals surface area contributed by atoms with Crippen LogP contribution in [0, 0.1) is 11.3 Å². The Kier molecular flexibility index (Phi) is 3.94. The lowest BCUT2D eigenvalue weighted by molar-refractivity contribution is 0.900. The minimum atomic E-state index is 0.626. The zero-order chi connectivity index (χ0) is 14.8. The SMILES string of the molecule is CCc1cc(Br)ccc1Nc1nc2c(cc1C#N)CCC2. The summed E-state index contributed by atoms with van der Waals surface area (Å²) in [7, 11) is 0. The maximum atomic E-state index is 9.36. The van der Waals surface area contributed by atoms with Crippen LogP contribution < -0.4 is 5.32 Å². The van der Waals surface area contributed by atoms with E-state index >= 15 is 0 Å². The van der Waals surface area contributed by atoms with Crippen LogP contribution in [-0.2, 0) is 19.3 Å². The standard InChI is InChI=1S/C17H16BrN3/c1-2-11-9-14(18)6-7-16(11)21-17-13(10-19)8-12-4-3-5-15(12)20-17/h6-9H,2-5H2,1H3,(H,20,21). The highest BCUT2D eigenvalue weighted by molar-refractivity contribution is 9.10. The first-order valence-electron chi connectivity index (χ1n) is 7.19. The zero-order valence-corrected chi connectivity index (χ0v) is 13.5. The average molecular weight is 342 g/mol. The van der Waals surface area contributed by atoms with Crippen molar-refractivity contribution in [2.75, 3.05) is 5.32 Å². The molecule has 1 N–H and O–H groups in total. The molecular weight excluding hydrogens is 326 g/mol. The van der Waals surface area contributed by atoms with Crippen LogP contribution in [0.4, 0.5) is 11.5 Å². The summed E-state index contributed by atoms with van der Waals surface area (Å²) in [5.41, 5.74) is 5.20. The van der Waals surface area contributed by atoms with Crippen molar-refractivity contribution < 1.29 is 0 Å². The number of aryl methyl sites for hydroxylation is 3. The summed E-state index contributed by atoms with van der Waals surface area (Å²) in [5.74, 6) is 0.676. The third-order valence-corrected chi connectivity index (χ3v) is 4.37. The van der Waals surface area contributed by atoms with Crippen LogP contribution in [0.15, 0.2) is 28.7 Å². The molecule has 21 heavy (non-hydrogen) atoms. The van der Waals surface area contributed by atoms with Crippen LogP contribution in [0.25, 0.3) is 0 Å². The first-order valence-corrected chi connectivity index (χ1v) is 7.99. The molecule has 0 saturated heterocycles. The molecule has 0 atom stereocenters. The Morgan fingerprint density at radius 2 is 2.19 bits per heavy atom. The minimum absolute atomic E-state index is 0.626.